The Morgan fingerprint density at radius 2 is 1.82 bits per heavy atom. The molecule has 2 aromatic carbocycles. The van der Waals surface area contributed by atoms with Crippen molar-refractivity contribution in [1.82, 2.24) is 0 Å². The molecular weight excluding hydrogens is 358 g/mol. The zero-order valence-electron chi connectivity index (χ0n) is 16.6. The topological polar surface area (TPSA) is 71.1 Å². The maximum absolute atomic E-state index is 12.7. The fourth-order valence-corrected chi connectivity index (χ4v) is 3.21. The van der Waals surface area contributed by atoms with Crippen molar-refractivity contribution in [3.63, 3.8) is 0 Å². The number of methoxy groups -OCH3 is 2. The number of nitrogens with zero attached hydrogens (tertiary/aromatic N) is 2. The minimum atomic E-state index is -0.433. The Balaban J connectivity index is 1.72. The minimum absolute atomic E-state index is 0.116. The van der Waals surface area contributed by atoms with Crippen LogP contribution in [0.1, 0.15) is 6.42 Å². The van der Waals surface area contributed by atoms with E-state index < -0.39 is 5.92 Å². The molecule has 7 heteroatoms. The molecule has 0 aromatic heterocycles. The van der Waals surface area contributed by atoms with Crippen molar-refractivity contribution in [2.24, 2.45) is 5.92 Å². The molecule has 1 aliphatic rings. The lowest BCUT2D eigenvalue weighted by Gasteiger charge is -2.20. The molecule has 1 heterocycles. The van der Waals surface area contributed by atoms with Crippen LogP contribution in [0.25, 0.3) is 0 Å². The van der Waals surface area contributed by atoms with E-state index in [9.17, 15) is 9.59 Å². The van der Waals surface area contributed by atoms with E-state index in [1.807, 2.05) is 43.3 Å². The Bertz CT molecular complexity index is 864. The zero-order chi connectivity index (χ0) is 20.3. The molecule has 1 N–H and O–H groups in total. The van der Waals surface area contributed by atoms with E-state index >= 15 is 0 Å². The third-order valence-corrected chi connectivity index (χ3v) is 4.82. The Labute approximate surface area is 164 Å². The normalized spacial score (nSPS) is 16.1. The molecule has 1 fully saturated rings. The van der Waals surface area contributed by atoms with Crippen LogP contribution in [-0.2, 0) is 9.59 Å². The molecule has 0 bridgehead atoms. The molecule has 1 aliphatic heterocycles. The van der Waals surface area contributed by atoms with Gasteiger partial charge in [-0.05, 0) is 36.4 Å². The first kappa shape index (κ1) is 19.5. The molecule has 1 atom stereocenters. The second-order valence-electron chi connectivity index (χ2n) is 6.87. The number of rotatable bonds is 6. The van der Waals surface area contributed by atoms with Crippen LogP contribution in [0, 0.1) is 5.92 Å². The van der Waals surface area contributed by atoms with Crippen molar-refractivity contribution in [3.05, 3.63) is 42.5 Å². The van der Waals surface area contributed by atoms with Gasteiger partial charge in [0, 0.05) is 44.5 Å². The van der Waals surface area contributed by atoms with Crippen LogP contribution in [0.4, 0.5) is 17.1 Å². The Morgan fingerprint density at radius 3 is 2.43 bits per heavy atom. The van der Waals surface area contributed by atoms with Crippen LogP contribution in [0.15, 0.2) is 42.5 Å². The smallest absolute Gasteiger partial charge is 0.229 e. The predicted molar refractivity (Wildman–Crippen MR) is 109 cm³/mol. The van der Waals surface area contributed by atoms with E-state index in [1.165, 1.54) is 0 Å². The van der Waals surface area contributed by atoms with Gasteiger partial charge in [-0.3, -0.25) is 9.59 Å². The second kappa shape index (κ2) is 8.21. The van der Waals surface area contributed by atoms with Crippen molar-refractivity contribution in [2.45, 2.75) is 6.42 Å². The summed E-state index contributed by atoms with van der Waals surface area (Å²) >= 11 is 0. The van der Waals surface area contributed by atoms with Crippen LogP contribution < -0.4 is 24.6 Å². The van der Waals surface area contributed by atoms with Crippen LogP contribution in [-0.4, -0.2) is 46.7 Å². The molecule has 0 saturated carbocycles. The summed E-state index contributed by atoms with van der Waals surface area (Å²) in [5, 5.41) is 2.90. The molecule has 28 heavy (non-hydrogen) atoms. The van der Waals surface area contributed by atoms with Gasteiger partial charge in [0.1, 0.15) is 11.5 Å². The fourth-order valence-electron chi connectivity index (χ4n) is 3.21. The van der Waals surface area contributed by atoms with Crippen LogP contribution >= 0.6 is 0 Å². The highest BCUT2D eigenvalue weighted by Gasteiger charge is 2.36. The summed E-state index contributed by atoms with van der Waals surface area (Å²) in [5.74, 6) is 0.467. The number of anilines is 3. The largest absolute Gasteiger partial charge is 0.497 e. The van der Waals surface area contributed by atoms with E-state index in [1.54, 1.807) is 37.3 Å². The lowest BCUT2D eigenvalue weighted by Crippen LogP contribution is -2.28. The molecule has 0 radical (unpaired) electrons. The molecule has 0 spiro atoms. The summed E-state index contributed by atoms with van der Waals surface area (Å²) in [6.45, 7) is 0.296. The van der Waals surface area contributed by atoms with Gasteiger partial charge in [0.2, 0.25) is 11.8 Å². The monoisotopic (exact) mass is 383 g/mol. The van der Waals surface area contributed by atoms with Gasteiger partial charge in [-0.2, -0.15) is 0 Å². The number of nitrogens with one attached hydrogen (secondary N) is 1. The predicted octanol–water partition coefficient (Wildman–Crippen LogP) is 2.76. The fraction of sp³-hybridized carbons (Fsp3) is 0.333. The quantitative estimate of drug-likeness (QED) is 0.831. The number of amides is 2. The number of ether oxygens (including phenoxy) is 2. The van der Waals surface area contributed by atoms with Crippen molar-refractivity contribution >= 4 is 28.9 Å². The summed E-state index contributed by atoms with van der Waals surface area (Å²) in [4.78, 5) is 28.8. The first-order valence-electron chi connectivity index (χ1n) is 9.03. The van der Waals surface area contributed by atoms with Gasteiger partial charge in [-0.25, -0.2) is 0 Å². The summed E-state index contributed by atoms with van der Waals surface area (Å²) in [6.07, 6.45) is 0.155. The first-order chi connectivity index (χ1) is 13.4. The van der Waals surface area contributed by atoms with Gasteiger partial charge >= 0.3 is 0 Å². The Hall–Kier alpha value is -3.22. The van der Waals surface area contributed by atoms with Crippen LogP contribution in [0.3, 0.4) is 0 Å². The highest BCUT2D eigenvalue weighted by Crippen LogP contribution is 2.36. The highest BCUT2D eigenvalue weighted by atomic mass is 16.5. The highest BCUT2D eigenvalue weighted by molar-refractivity contribution is 6.04. The maximum atomic E-state index is 12.7. The molecule has 3 rings (SSSR count). The van der Waals surface area contributed by atoms with Crippen molar-refractivity contribution in [1.29, 1.82) is 0 Å². The third-order valence-electron chi connectivity index (χ3n) is 4.82. The van der Waals surface area contributed by atoms with Crippen LogP contribution in [0.2, 0.25) is 0 Å². The lowest BCUT2D eigenvalue weighted by molar-refractivity contribution is -0.122. The minimum Gasteiger partial charge on any atom is -0.497 e. The van der Waals surface area contributed by atoms with Crippen molar-refractivity contribution in [2.75, 3.05) is 50.0 Å². The van der Waals surface area contributed by atoms with Gasteiger partial charge < -0.3 is 24.6 Å². The van der Waals surface area contributed by atoms with Crippen molar-refractivity contribution < 1.29 is 19.1 Å². The molecular formula is C21H25N3O4. The zero-order valence-corrected chi connectivity index (χ0v) is 16.6. The molecule has 1 saturated heterocycles. The molecule has 0 unspecified atom stereocenters. The van der Waals surface area contributed by atoms with E-state index in [-0.39, 0.29) is 18.2 Å². The molecule has 148 valence electrons. The van der Waals surface area contributed by atoms with E-state index in [4.69, 9.17) is 9.47 Å². The van der Waals surface area contributed by atoms with E-state index in [0.29, 0.717) is 29.4 Å². The Morgan fingerprint density at radius 1 is 1.11 bits per heavy atom. The first-order valence-corrected chi connectivity index (χ1v) is 9.03. The maximum Gasteiger partial charge on any atom is 0.229 e. The average Bonchev–Trinajstić information content (AvgIpc) is 3.09. The van der Waals surface area contributed by atoms with E-state index in [0.717, 1.165) is 5.69 Å². The number of hydrogen-bond donors (Lipinski definition) is 1. The third kappa shape index (κ3) is 4.03. The van der Waals surface area contributed by atoms with Gasteiger partial charge in [0.25, 0.3) is 0 Å². The number of hydrogen-bond acceptors (Lipinski definition) is 5. The number of carbonyl (C=O) groups excluding carboxylic acids is 2. The van der Waals surface area contributed by atoms with Gasteiger partial charge in [-0.1, -0.05) is 0 Å². The summed E-state index contributed by atoms with van der Waals surface area (Å²) < 4.78 is 10.6. The lowest BCUT2D eigenvalue weighted by atomic mass is 10.1. The molecule has 7 nitrogen and oxygen atoms in total. The Kier molecular flexibility index (Phi) is 5.73. The molecule has 2 aromatic rings. The van der Waals surface area contributed by atoms with Gasteiger partial charge in [-0.15, -0.1) is 0 Å². The van der Waals surface area contributed by atoms with Crippen LogP contribution in [0.5, 0.6) is 11.5 Å². The average molecular weight is 383 g/mol. The standard InChI is InChI=1S/C21H25N3O4/c1-23(2)16-7-5-15(6-8-16)22-21(26)14-11-20(25)24(13-14)18-12-17(27-3)9-10-19(18)28-4/h5-10,12,14H,11,13H2,1-4H3,(H,22,26)/t14-/m0/s1. The van der Waals surface area contributed by atoms with Gasteiger partial charge in [0.15, 0.2) is 0 Å². The second-order valence-corrected chi connectivity index (χ2v) is 6.87. The van der Waals surface area contributed by atoms with Gasteiger partial charge in [0.05, 0.1) is 25.8 Å². The van der Waals surface area contributed by atoms with E-state index in [2.05, 4.69) is 5.32 Å². The van der Waals surface area contributed by atoms with Crippen molar-refractivity contribution in [3.8, 4) is 11.5 Å². The number of benzene rings is 2. The summed E-state index contributed by atoms with van der Waals surface area (Å²) in [6, 6.07) is 12.8. The molecule has 2 amide bonds. The number of carbonyl (C=O) groups is 2. The summed E-state index contributed by atoms with van der Waals surface area (Å²) in [7, 11) is 7.03. The molecule has 0 aliphatic carbocycles. The summed E-state index contributed by atoms with van der Waals surface area (Å²) in [5.41, 5.74) is 2.36. The SMILES string of the molecule is COc1ccc(OC)c(N2C[C@@H](C(=O)Nc3ccc(N(C)C)cc3)CC2=O)c1.